The second-order valence-corrected chi connectivity index (χ2v) is 2.90. The molecule has 1 aliphatic rings. The van der Waals surface area contributed by atoms with Crippen molar-refractivity contribution in [3.63, 3.8) is 0 Å². The lowest BCUT2D eigenvalue weighted by Crippen LogP contribution is -2.20. The molecule has 0 bridgehead atoms. The highest BCUT2D eigenvalue weighted by Crippen LogP contribution is 2.32. The number of hydrogen-bond donors (Lipinski definition) is 0. The highest BCUT2D eigenvalue weighted by molar-refractivity contribution is 5.85. The molecule has 0 saturated heterocycles. The Morgan fingerprint density at radius 3 is 2.30 bits per heavy atom. The fourth-order valence-corrected chi connectivity index (χ4v) is 1.24. The molecule has 10 heavy (non-hydrogen) atoms. The van der Waals surface area contributed by atoms with Crippen molar-refractivity contribution in [1.82, 2.24) is 0 Å². The van der Waals surface area contributed by atoms with Crippen LogP contribution in [-0.4, -0.2) is 12.6 Å². The van der Waals surface area contributed by atoms with Gasteiger partial charge in [0.2, 0.25) is 0 Å². The third kappa shape index (κ3) is 1.01. The first kappa shape index (κ1) is 7.19. The monoisotopic (exact) mass is 138 g/mol. The van der Waals surface area contributed by atoms with Crippen LogP contribution in [0.5, 0.6) is 0 Å². The van der Waals surface area contributed by atoms with E-state index in [1.54, 1.807) is 0 Å². The molecule has 0 unspecified atom stereocenters. The summed E-state index contributed by atoms with van der Waals surface area (Å²) in [5.41, 5.74) is 0.434. The first-order valence-electron chi connectivity index (χ1n) is 3.31. The molecule has 54 valence electrons. The van der Waals surface area contributed by atoms with E-state index in [2.05, 4.69) is 0 Å². The fourth-order valence-electron chi connectivity index (χ4n) is 1.24. The largest absolute Gasteiger partial charge is 0.302 e. The first-order chi connectivity index (χ1) is 4.72. The summed E-state index contributed by atoms with van der Waals surface area (Å²) in [5, 5.41) is 0. The average molecular weight is 138 g/mol. The van der Waals surface area contributed by atoms with Crippen molar-refractivity contribution in [3.8, 4) is 0 Å². The van der Waals surface area contributed by atoms with Gasteiger partial charge in [-0.2, -0.15) is 0 Å². The van der Waals surface area contributed by atoms with Crippen molar-refractivity contribution in [1.29, 1.82) is 0 Å². The van der Waals surface area contributed by atoms with Gasteiger partial charge in [-0.3, -0.25) is 0 Å². The van der Waals surface area contributed by atoms with Crippen LogP contribution < -0.4 is 0 Å². The number of carbonyl (C=O) groups excluding carboxylic acids is 2. The Kier molecular flexibility index (Phi) is 1.70. The van der Waals surface area contributed by atoms with E-state index in [4.69, 9.17) is 0 Å². The summed E-state index contributed by atoms with van der Waals surface area (Å²) in [5.74, 6) is 0. The summed E-state index contributed by atoms with van der Waals surface area (Å²) in [6, 6.07) is 0. The quantitative estimate of drug-likeness (QED) is 0.325. The number of aldehydes is 2. The normalized spacial score (nSPS) is 21.9. The third-order valence-electron chi connectivity index (χ3n) is 1.91. The maximum Gasteiger partial charge on any atom is 0.133 e. The van der Waals surface area contributed by atoms with Gasteiger partial charge in [0.1, 0.15) is 12.6 Å². The number of rotatable bonds is 2. The SMILES string of the molecule is CC1=CCC(C=O)(C=O)C1. The molecule has 0 spiro atoms. The van der Waals surface area contributed by atoms with Gasteiger partial charge >= 0.3 is 0 Å². The van der Waals surface area contributed by atoms with Gasteiger partial charge in [-0.25, -0.2) is 0 Å². The second-order valence-electron chi connectivity index (χ2n) is 2.90. The van der Waals surface area contributed by atoms with Crippen LogP contribution >= 0.6 is 0 Å². The van der Waals surface area contributed by atoms with Gasteiger partial charge in [0.05, 0.1) is 5.41 Å². The summed E-state index contributed by atoms with van der Waals surface area (Å²) in [6.45, 7) is 1.94. The standard InChI is InChI=1S/C8H10O2/c1-7-2-3-8(4-7,5-9)6-10/h2,5-6H,3-4H2,1H3. The summed E-state index contributed by atoms with van der Waals surface area (Å²) in [6.07, 6.45) is 4.66. The van der Waals surface area contributed by atoms with Gasteiger partial charge in [0.15, 0.2) is 0 Å². The zero-order chi connectivity index (χ0) is 7.61. The summed E-state index contributed by atoms with van der Waals surface area (Å²) in [7, 11) is 0. The van der Waals surface area contributed by atoms with Crippen molar-refractivity contribution < 1.29 is 9.59 Å². The third-order valence-corrected chi connectivity index (χ3v) is 1.91. The molecule has 0 aromatic rings. The highest BCUT2D eigenvalue weighted by atomic mass is 16.1. The Balaban J connectivity index is 2.74. The molecule has 0 aliphatic heterocycles. The molecular formula is C8H10O2. The van der Waals surface area contributed by atoms with Gasteiger partial charge < -0.3 is 9.59 Å². The van der Waals surface area contributed by atoms with E-state index in [0.29, 0.717) is 12.8 Å². The summed E-state index contributed by atoms with van der Waals surface area (Å²) < 4.78 is 0. The minimum atomic E-state index is -0.704. The molecule has 2 nitrogen and oxygen atoms in total. The van der Waals surface area contributed by atoms with Gasteiger partial charge in [-0.15, -0.1) is 0 Å². The summed E-state index contributed by atoms with van der Waals surface area (Å²) in [4.78, 5) is 20.9. The fraction of sp³-hybridized carbons (Fsp3) is 0.500. The molecule has 0 saturated carbocycles. The zero-order valence-corrected chi connectivity index (χ0v) is 5.96. The predicted octanol–water partition coefficient (Wildman–Crippen LogP) is 1.11. The molecule has 0 aromatic heterocycles. The van der Waals surface area contributed by atoms with E-state index >= 15 is 0 Å². The van der Waals surface area contributed by atoms with E-state index in [1.807, 2.05) is 13.0 Å². The predicted molar refractivity (Wildman–Crippen MR) is 37.6 cm³/mol. The number of allylic oxidation sites excluding steroid dienone is 2. The van der Waals surface area contributed by atoms with Gasteiger partial charge in [0.25, 0.3) is 0 Å². The lowest BCUT2D eigenvalue weighted by atomic mass is 9.88. The van der Waals surface area contributed by atoms with Crippen LogP contribution in [-0.2, 0) is 9.59 Å². The van der Waals surface area contributed by atoms with E-state index in [0.717, 1.165) is 18.1 Å². The van der Waals surface area contributed by atoms with Crippen molar-refractivity contribution in [2.24, 2.45) is 5.41 Å². The van der Waals surface area contributed by atoms with Crippen LogP contribution in [0.25, 0.3) is 0 Å². The lowest BCUT2D eigenvalue weighted by molar-refractivity contribution is -0.125. The van der Waals surface area contributed by atoms with Crippen LogP contribution in [0.3, 0.4) is 0 Å². The molecule has 1 aliphatic carbocycles. The Morgan fingerprint density at radius 2 is 2.10 bits per heavy atom. The summed E-state index contributed by atoms with van der Waals surface area (Å²) >= 11 is 0. The van der Waals surface area contributed by atoms with Crippen molar-refractivity contribution >= 4 is 12.6 Å². The van der Waals surface area contributed by atoms with Crippen LogP contribution in [0.4, 0.5) is 0 Å². The molecule has 0 radical (unpaired) electrons. The number of hydrogen-bond acceptors (Lipinski definition) is 2. The maximum atomic E-state index is 10.4. The van der Waals surface area contributed by atoms with Crippen molar-refractivity contribution in [2.75, 3.05) is 0 Å². The molecule has 0 fully saturated rings. The Hall–Kier alpha value is -0.920. The maximum absolute atomic E-state index is 10.4. The van der Waals surface area contributed by atoms with Crippen molar-refractivity contribution in [3.05, 3.63) is 11.6 Å². The van der Waals surface area contributed by atoms with Crippen LogP contribution in [0.2, 0.25) is 0 Å². The van der Waals surface area contributed by atoms with Crippen molar-refractivity contribution in [2.45, 2.75) is 19.8 Å². The minimum absolute atomic E-state index is 0.589. The topological polar surface area (TPSA) is 34.1 Å². The Bertz CT molecular complexity index is 183. The van der Waals surface area contributed by atoms with E-state index in [-0.39, 0.29) is 0 Å². The van der Waals surface area contributed by atoms with Gasteiger partial charge in [-0.05, 0) is 19.8 Å². The Labute approximate surface area is 59.9 Å². The minimum Gasteiger partial charge on any atom is -0.302 e. The first-order valence-corrected chi connectivity index (χ1v) is 3.31. The van der Waals surface area contributed by atoms with Gasteiger partial charge in [0, 0.05) is 0 Å². The smallest absolute Gasteiger partial charge is 0.133 e. The molecule has 0 heterocycles. The van der Waals surface area contributed by atoms with E-state index < -0.39 is 5.41 Å². The Morgan fingerprint density at radius 1 is 1.50 bits per heavy atom. The van der Waals surface area contributed by atoms with E-state index in [1.165, 1.54) is 0 Å². The van der Waals surface area contributed by atoms with Crippen LogP contribution in [0.15, 0.2) is 11.6 Å². The molecule has 2 heteroatoms. The van der Waals surface area contributed by atoms with E-state index in [9.17, 15) is 9.59 Å². The van der Waals surface area contributed by atoms with Gasteiger partial charge in [-0.1, -0.05) is 11.6 Å². The molecule has 0 atom stereocenters. The lowest BCUT2D eigenvalue weighted by Gasteiger charge is -2.11. The molecular weight excluding hydrogens is 128 g/mol. The number of carbonyl (C=O) groups is 2. The molecule has 0 amide bonds. The second kappa shape index (κ2) is 2.37. The van der Waals surface area contributed by atoms with Crippen LogP contribution in [0, 0.1) is 5.41 Å². The van der Waals surface area contributed by atoms with Crippen LogP contribution in [0.1, 0.15) is 19.8 Å². The molecule has 0 aromatic carbocycles. The zero-order valence-electron chi connectivity index (χ0n) is 5.96. The average Bonchev–Trinajstić information content (AvgIpc) is 2.33. The molecule has 0 N–H and O–H groups in total. The molecule has 1 rings (SSSR count). The highest BCUT2D eigenvalue weighted by Gasteiger charge is 2.32.